The van der Waals surface area contributed by atoms with Crippen LogP contribution in [0, 0.1) is 0 Å². The summed E-state index contributed by atoms with van der Waals surface area (Å²) in [6.45, 7) is 5.79. The second kappa shape index (κ2) is 9.52. The molecule has 1 aliphatic carbocycles. The van der Waals surface area contributed by atoms with Crippen molar-refractivity contribution in [1.82, 2.24) is 25.3 Å². The zero-order valence-corrected chi connectivity index (χ0v) is 17.5. The van der Waals surface area contributed by atoms with E-state index in [0.29, 0.717) is 0 Å². The van der Waals surface area contributed by atoms with E-state index in [2.05, 4.69) is 25.3 Å². The lowest BCUT2D eigenvalue weighted by atomic mass is 10.0. The zero-order chi connectivity index (χ0) is 19.2. The standard InChI is InChI=1S/C20H30N6OS/c1-21-20(26-12-10-25(11-13-26)15-16-8-14-27-24-16)22-9-4-7-19-23-17-5-2-3-6-18(17)28-19/h8,14H,2-7,9-13,15H2,1H3,(H,21,22). The van der Waals surface area contributed by atoms with Crippen molar-refractivity contribution in [2.45, 2.75) is 45.1 Å². The maximum atomic E-state index is 4.92. The summed E-state index contributed by atoms with van der Waals surface area (Å²) in [5, 5.41) is 8.85. The van der Waals surface area contributed by atoms with Gasteiger partial charge in [0.15, 0.2) is 5.96 Å². The molecule has 2 aliphatic rings. The fraction of sp³-hybridized carbons (Fsp3) is 0.650. The third-order valence-corrected chi connectivity index (χ3v) is 6.72. The molecule has 2 aromatic rings. The van der Waals surface area contributed by atoms with Crippen LogP contribution >= 0.6 is 11.3 Å². The molecule has 0 aromatic carbocycles. The number of thiazole rings is 1. The molecule has 1 N–H and O–H groups in total. The van der Waals surface area contributed by atoms with E-state index in [1.807, 2.05) is 24.5 Å². The van der Waals surface area contributed by atoms with Gasteiger partial charge in [-0.1, -0.05) is 5.16 Å². The van der Waals surface area contributed by atoms with Crippen molar-refractivity contribution in [3.63, 3.8) is 0 Å². The maximum Gasteiger partial charge on any atom is 0.193 e. The number of aliphatic imine (C=N–C) groups is 1. The van der Waals surface area contributed by atoms with E-state index in [1.54, 1.807) is 6.26 Å². The van der Waals surface area contributed by atoms with Gasteiger partial charge in [0.2, 0.25) is 0 Å². The van der Waals surface area contributed by atoms with Crippen LogP contribution in [0.3, 0.4) is 0 Å². The Bertz CT molecular complexity index is 740. The molecule has 0 radical (unpaired) electrons. The molecule has 4 rings (SSSR count). The smallest absolute Gasteiger partial charge is 0.193 e. The van der Waals surface area contributed by atoms with Crippen molar-refractivity contribution >= 4 is 17.3 Å². The molecule has 8 heteroatoms. The lowest BCUT2D eigenvalue weighted by Gasteiger charge is -2.36. The van der Waals surface area contributed by atoms with E-state index in [0.717, 1.165) is 63.8 Å². The SMILES string of the molecule is CN=C(NCCCc1nc2c(s1)CCCC2)N1CCN(Cc2ccon2)CC1. The molecule has 0 bridgehead atoms. The Morgan fingerprint density at radius 2 is 2.11 bits per heavy atom. The lowest BCUT2D eigenvalue weighted by molar-refractivity contribution is 0.169. The van der Waals surface area contributed by atoms with Gasteiger partial charge >= 0.3 is 0 Å². The van der Waals surface area contributed by atoms with Gasteiger partial charge in [-0.25, -0.2) is 4.98 Å². The molecule has 0 amide bonds. The van der Waals surface area contributed by atoms with Gasteiger partial charge in [-0.2, -0.15) is 0 Å². The number of nitrogens with one attached hydrogen (secondary N) is 1. The molecule has 0 unspecified atom stereocenters. The minimum absolute atomic E-state index is 0.855. The minimum atomic E-state index is 0.855. The number of aryl methyl sites for hydroxylation is 3. The Labute approximate surface area is 170 Å². The quantitative estimate of drug-likeness (QED) is 0.454. The molecule has 1 saturated heterocycles. The normalized spacial score (nSPS) is 18.3. The van der Waals surface area contributed by atoms with E-state index < -0.39 is 0 Å². The molecule has 0 spiro atoms. The fourth-order valence-corrected chi connectivity index (χ4v) is 5.15. The van der Waals surface area contributed by atoms with Crippen LogP contribution in [-0.2, 0) is 25.8 Å². The van der Waals surface area contributed by atoms with E-state index >= 15 is 0 Å². The highest BCUT2D eigenvalue weighted by atomic mass is 32.1. The Morgan fingerprint density at radius 1 is 1.25 bits per heavy atom. The molecular weight excluding hydrogens is 372 g/mol. The molecule has 152 valence electrons. The molecule has 1 aliphatic heterocycles. The van der Waals surface area contributed by atoms with E-state index in [-0.39, 0.29) is 0 Å². The number of hydrogen-bond acceptors (Lipinski definition) is 6. The third kappa shape index (κ3) is 4.91. The highest BCUT2D eigenvalue weighted by Crippen LogP contribution is 2.27. The molecule has 0 saturated carbocycles. The summed E-state index contributed by atoms with van der Waals surface area (Å²) in [4.78, 5) is 15.6. The van der Waals surface area contributed by atoms with Gasteiger partial charge in [-0.3, -0.25) is 9.89 Å². The molecule has 1 fully saturated rings. The van der Waals surface area contributed by atoms with Crippen molar-refractivity contribution in [2.24, 2.45) is 4.99 Å². The van der Waals surface area contributed by atoms with Gasteiger partial charge in [0.1, 0.15) is 6.26 Å². The second-order valence-corrected chi connectivity index (χ2v) is 8.68. The second-order valence-electron chi connectivity index (χ2n) is 7.52. The first-order chi connectivity index (χ1) is 13.8. The van der Waals surface area contributed by atoms with Crippen molar-refractivity contribution < 1.29 is 4.52 Å². The summed E-state index contributed by atoms with van der Waals surface area (Å²) >= 11 is 1.93. The lowest BCUT2D eigenvalue weighted by Crippen LogP contribution is -2.52. The van der Waals surface area contributed by atoms with Crippen molar-refractivity contribution in [3.05, 3.63) is 33.6 Å². The summed E-state index contributed by atoms with van der Waals surface area (Å²) in [5.41, 5.74) is 2.37. The van der Waals surface area contributed by atoms with Gasteiger partial charge < -0.3 is 14.7 Å². The summed E-state index contributed by atoms with van der Waals surface area (Å²) in [6.07, 6.45) is 8.85. The van der Waals surface area contributed by atoms with E-state index in [4.69, 9.17) is 9.51 Å². The van der Waals surface area contributed by atoms with Crippen LogP contribution in [0.2, 0.25) is 0 Å². The van der Waals surface area contributed by atoms with Crippen LogP contribution in [-0.4, -0.2) is 65.7 Å². The first-order valence-corrected chi connectivity index (χ1v) is 11.2. The summed E-state index contributed by atoms with van der Waals surface area (Å²) < 4.78 is 4.92. The number of aromatic nitrogens is 2. The van der Waals surface area contributed by atoms with Gasteiger partial charge in [0, 0.05) is 63.7 Å². The minimum Gasteiger partial charge on any atom is -0.364 e. The predicted octanol–water partition coefficient (Wildman–Crippen LogP) is 2.34. The number of piperazine rings is 1. The van der Waals surface area contributed by atoms with Gasteiger partial charge in [-0.15, -0.1) is 11.3 Å². The third-order valence-electron chi connectivity index (χ3n) is 5.50. The monoisotopic (exact) mass is 402 g/mol. The Morgan fingerprint density at radius 3 is 2.86 bits per heavy atom. The van der Waals surface area contributed by atoms with E-state index in [9.17, 15) is 0 Å². The molecule has 2 aromatic heterocycles. The Balaban J connectivity index is 1.17. The van der Waals surface area contributed by atoms with Crippen LogP contribution in [0.1, 0.15) is 40.5 Å². The van der Waals surface area contributed by atoms with Gasteiger partial charge in [-0.05, 0) is 32.1 Å². The predicted molar refractivity (Wildman–Crippen MR) is 112 cm³/mol. The Hall–Kier alpha value is -1.93. The average molecular weight is 403 g/mol. The number of nitrogens with zero attached hydrogens (tertiary/aromatic N) is 5. The molecule has 0 atom stereocenters. The average Bonchev–Trinajstić information content (AvgIpc) is 3.38. The largest absolute Gasteiger partial charge is 0.364 e. The number of hydrogen-bond donors (Lipinski definition) is 1. The molecule has 28 heavy (non-hydrogen) atoms. The first-order valence-electron chi connectivity index (χ1n) is 10.4. The molecule has 7 nitrogen and oxygen atoms in total. The number of guanidine groups is 1. The fourth-order valence-electron chi connectivity index (χ4n) is 3.95. The van der Waals surface area contributed by atoms with Crippen LogP contribution in [0.4, 0.5) is 0 Å². The highest BCUT2D eigenvalue weighted by molar-refractivity contribution is 7.11. The van der Waals surface area contributed by atoms with Crippen molar-refractivity contribution in [1.29, 1.82) is 0 Å². The number of rotatable bonds is 6. The maximum absolute atomic E-state index is 4.92. The number of fused-ring (bicyclic) bond motifs is 1. The molecular formula is C20H30N6OS. The van der Waals surface area contributed by atoms with Crippen molar-refractivity contribution in [3.8, 4) is 0 Å². The van der Waals surface area contributed by atoms with Crippen LogP contribution in [0.5, 0.6) is 0 Å². The highest BCUT2D eigenvalue weighted by Gasteiger charge is 2.20. The summed E-state index contributed by atoms with van der Waals surface area (Å²) in [7, 11) is 1.87. The van der Waals surface area contributed by atoms with Gasteiger partial charge in [0.05, 0.1) is 16.4 Å². The molecule has 3 heterocycles. The zero-order valence-electron chi connectivity index (χ0n) is 16.7. The summed E-state index contributed by atoms with van der Waals surface area (Å²) in [6, 6.07) is 1.94. The van der Waals surface area contributed by atoms with E-state index in [1.165, 1.54) is 41.3 Å². The van der Waals surface area contributed by atoms with Crippen LogP contribution in [0.15, 0.2) is 21.8 Å². The van der Waals surface area contributed by atoms with Gasteiger partial charge in [0.25, 0.3) is 0 Å². The Kier molecular flexibility index (Phi) is 6.59. The van der Waals surface area contributed by atoms with Crippen molar-refractivity contribution in [2.75, 3.05) is 39.8 Å². The first kappa shape index (κ1) is 19.4. The topological polar surface area (TPSA) is 69.8 Å². The van der Waals surface area contributed by atoms with Crippen LogP contribution < -0.4 is 5.32 Å². The summed E-state index contributed by atoms with van der Waals surface area (Å²) in [5.74, 6) is 1.01. The van der Waals surface area contributed by atoms with Crippen LogP contribution in [0.25, 0.3) is 0 Å².